The van der Waals surface area contributed by atoms with E-state index in [1.54, 1.807) is 0 Å². The summed E-state index contributed by atoms with van der Waals surface area (Å²) in [7, 11) is 0. The number of likely N-dealkylation sites (tertiary alicyclic amines) is 1. The zero-order valence-corrected chi connectivity index (χ0v) is 12.2. The zero-order chi connectivity index (χ0) is 12.6. The molecule has 0 bridgehead atoms. The van der Waals surface area contributed by atoms with Crippen LogP contribution in [0.1, 0.15) is 35.2 Å². The van der Waals surface area contributed by atoms with Crippen LogP contribution in [0.3, 0.4) is 0 Å². The van der Waals surface area contributed by atoms with Crippen LogP contribution >= 0.6 is 12.4 Å². The second-order valence-corrected chi connectivity index (χ2v) is 5.77. The molecule has 2 N–H and O–H groups in total. The molecule has 0 aliphatic carbocycles. The molecule has 3 heterocycles. The molecule has 2 saturated heterocycles. The molecule has 0 atom stereocenters. The second kappa shape index (κ2) is 5.55. The lowest BCUT2D eigenvalue weighted by atomic mass is 9.78. The quantitative estimate of drug-likeness (QED) is 0.828. The minimum atomic E-state index is 0. The fraction of sp³-hybridized carbons (Fsp3) is 0.643. The highest BCUT2D eigenvalue weighted by molar-refractivity contribution is 5.95. The highest BCUT2D eigenvalue weighted by Crippen LogP contribution is 2.37. The van der Waals surface area contributed by atoms with E-state index < -0.39 is 0 Å². The van der Waals surface area contributed by atoms with Gasteiger partial charge in [0.2, 0.25) is 0 Å². The molecule has 0 radical (unpaired) electrons. The summed E-state index contributed by atoms with van der Waals surface area (Å²) in [5.74, 6) is 0.189. The number of rotatable bonds is 1. The van der Waals surface area contributed by atoms with Crippen molar-refractivity contribution >= 4 is 18.3 Å². The molecule has 5 heteroatoms. The van der Waals surface area contributed by atoms with Crippen molar-refractivity contribution < 1.29 is 4.79 Å². The fourth-order valence-electron chi connectivity index (χ4n) is 3.25. The van der Waals surface area contributed by atoms with Gasteiger partial charge in [-0.25, -0.2) is 0 Å². The summed E-state index contributed by atoms with van der Waals surface area (Å²) in [6.07, 6.45) is 7.28. The van der Waals surface area contributed by atoms with Crippen LogP contribution < -0.4 is 5.32 Å². The Balaban J connectivity index is 0.00000133. The topological polar surface area (TPSA) is 48.1 Å². The van der Waals surface area contributed by atoms with E-state index in [-0.39, 0.29) is 18.3 Å². The predicted octanol–water partition coefficient (Wildman–Crippen LogP) is 1.96. The van der Waals surface area contributed by atoms with Gasteiger partial charge in [0.05, 0.1) is 5.56 Å². The van der Waals surface area contributed by atoms with E-state index >= 15 is 0 Å². The van der Waals surface area contributed by atoms with Crippen LogP contribution in [0.4, 0.5) is 0 Å². The standard InChI is InChI=1S/C14H21N3O.ClH/c1-11-8-16-9-12(11)13(18)17-6-3-14(4-7-17)2-5-15-10-14;/h8-9,15-16H,2-7,10H2,1H3;1H. The summed E-state index contributed by atoms with van der Waals surface area (Å²) >= 11 is 0. The Hall–Kier alpha value is -1.00. The number of hydrogen-bond acceptors (Lipinski definition) is 2. The maximum absolute atomic E-state index is 12.4. The average Bonchev–Trinajstić information content (AvgIpc) is 2.99. The second-order valence-electron chi connectivity index (χ2n) is 5.77. The molecule has 3 rings (SSSR count). The first-order chi connectivity index (χ1) is 8.70. The molecule has 4 nitrogen and oxygen atoms in total. The number of piperidine rings is 1. The van der Waals surface area contributed by atoms with Gasteiger partial charge in [-0.05, 0) is 43.7 Å². The van der Waals surface area contributed by atoms with Crippen LogP contribution in [0.2, 0.25) is 0 Å². The highest BCUT2D eigenvalue weighted by Gasteiger charge is 2.38. The van der Waals surface area contributed by atoms with Gasteiger partial charge in [0.15, 0.2) is 0 Å². The molecule has 1 amide bonds. The third-order valence-corrected chi connectivity index (χ3v) is 4.63. The lowest BCUT2D eigenvalue weighted by molar-refractivity contribution is 0.0607. The lowest BCUT2D eigenvalue weighted by Crippen LogP contribution is -2.44. The van der Waals surface area contributed by atoms with E-state index in [4.69, 9.17) is 0 Å². The van der Waals surface area contributed by atoms with Crippen molar-refractivity contribution in [2.45, 2.75) is 26.2 Å². The van der Waals surface area contributed by atoms with E-state index in [1.807, 2.05) is 24.2 Å². The number of aromatic amines is 1. The number of carbonyl (C=O) groups is 1. The Morgan fingerprint density at radius 1 is 1.26 bits per heavy atom. The smallest absolute Gasteiger partial charge is 0.255 e. The van der Waals surface area contributed by atoms with E-state index in [9.17, 15) is 4.79 Å². The minimum Gasteiger partial charge on any atom is -0.367 e. The molecule has 2 aliphatic heterocycles. The number of carbonyl (C=O) groups excluding carboxylic acids is 1. The molecule has 0 saturated carbocycles. The van der Waals surface area contributed by atoms with Gasteiger partial charge in [-0.15, -0.1) is 12.4 Å². The monoisotopic (exact) mass is 283 g/mol. The molecular formula is C14H22ClN3O. The van der Waals surface area contributed by atoms with E-state index in [2.05, 4.69) is 10.3 Å². The molecule has 0 unspecified atom stereocenters. The number of nitrogens with one attached hydrogen (secondary N) is 2. The largest absolute Gasteiger partial charge is 0.367 e. The van der Waals surface area contributed by atoms with Gasteiger partial charge in [-0.3, -0.25) is 4.79 Å². The zero-order valence-electron chi connectivity index (χ0n) is 11.4. The first-order valence-electron chi connectivity index (χ1n) is 6.84. The molecular weight excluding hydrogens is 262 g/mol. The van der Waals surface area contributed by atoms with Crippen LogP contribution in [0.15, 0.2) is 12.4 Å². The maximum Gasteiger partial charge on any atom is 0.255 e. The van der Waals surface area contributed by atoms with Crippen molar-refractivity contribution in [3.05, 3.63) is 23.5 Å². The number of hydrogen-bond donors (Lipinski definition) is 2. The summed E-state index contributed by atoms with van der Waals surface area (Å²) in [6.45, 7) is 6.08. The molecule has 106 valence electrons. The first kappa shape index (κ1) is 14.4. The van der Waals surface area contributed by atoms with Crippen molar-refractivity contribution in [1.82, 2.24) is 15.2 Å². The van der Waals surface area contributed by atoms with E-state index in [0.29, 0.717) is 5.41 Å². The lowest BCUT2D eigenvalue weighted by Gasteiger charge is -2.38. The Bertz CT molecular complexity index is 441. The third-order valence-electron chi connectivity index (χ3n) is 4.63. The van der Waals surface area contributed by atoms with Crippen LogP contribution in [0.25, 0.3) is 0 Å². The number of amides is 1. The van der Waals surface area contributed by atoms with Gasteiger partial charge in [0, 0.05) is 32.0 Å². The van der Waals surface area contributed by atoms with E-state index in [1.165, 1.54) is 6.42 Å². The average molecular weight is 284 g/mol. The Kier molecular flexibility index (Phi) is 4.21. The summed E-state index contributed by atoms with van der Waals surface area (Å²) in [5, 5.41) is 3.46. The number of halogens is 1. The Labute approximate surface area is 120 Å². The SMILES string of the molecule is Cc1c[nH]cc1C(=O)N1CCC2(CCNC2)CC1.Cl. The summed E-state index contributed by atoms with van der Waals surface area (Å²) < 4.78 is 0. The molecule has 0 aromatic carbocycles. The molecule has 2 fully saturated rings. The van der Waals surface area contributed by atoms with Gasteiger partial charge in [0.1, 0.15) is 0 Å². The summed E-state index contributed by atoms with van der Waals surface area (Å²) in [5.41, 5.74) is 2.35. The van der Waals surface area contributed by atoms with Crippen molar-refractivity contribution in [2.24, 2.45) is 5.41 Å². The van der Waals surface area contributed by atoms with E-state index in [0.717, 1.165) is 50.1 Å². The van der Waals surface area contributed by atoms with Gasteiger partial charge in [-0.2, -0.15) is 0 Å². The normalized spacial score (nSPS) is 21.4. The molecule has 2 aliphatic rings. The number of H-pyrrole nitrogens is 1. The first-order valence-corrected chi connectivity index (χ1v) is 6.84. The van der Waals surface area contributed by atoms with Crippen molar-refractivity contribution in [1.29, 1.82) is 0 Å². The van der Waals surface area contributed by atoms with Crippen molar-refractivity contribution in [3.63, 3.8) is 0 Å². The third kappa shape index (κ3) is 2.65. The highest BCUT2D eigenvalue weighted by atomic mass is 35.5. The molecule has 1 spiro atoms. The van der Waals surface area contributed by atoms with Gasteiger partial charge >= 0.3 is 0 Å². The van der Waals surface area contributed by atoms with Crippen LogP contribution in [-0.4, -0.2) is 42.0 Å². The van der Waals surface area contributed by atoms with Crippen LogP contribution in [-0.2, 0) is 0 Å². The van der Waals surface area contributed by atoms with Gasteiger partial charge in [0.25, 0.3) is 5.91 Å². The van der Waals surface area contributed by atoms with Crippen LogP contribution in [0.5, 0.6) is 0 Å². The van der Waals surface area contributed by atoms with Gasteiger partial charge in [-0.1, -0.05) is 0 Å². The van der Waals surface area contributed by atoms with Crippen LogP contribution in [0, 0.1) is 12.3 Å². The summed E-state index contributed by atoms with van der Waals surface area (Å²) in [4.78, 5) is 17.4. The molecule has 1 aromatic rings. The summed E-state index contributed by atoms with van der Waals surface area (Å²) in [6, 6.07) is 0. The Morgan fingerprint density at radius 2 is 2.00 bits per heavy atom. The molecule has 1 aromatic heterocycles. The predicted molar refractivity (Wildman–Crippen MR) is 77.8 cm³/mol. The van der Waals surface area contributed by atoms with Gasteiger partial charge < -0.3 is 15.2 Å². The number of nitrogens with zero attached hydrogens (tertiary/aromatic N) is 1. The number of aromatic nitrogens is 1. The van der Waals surface area contributed by atoms with Crippen molar-refractivity contribution in [3.8, 4) is 0 Å². The minimum absolute atomic E-state index is 0. The molecule has 19 heavy (non-hydrogen) atoms. The fourth-order valence-corrected chi connectivity index (χ4v) is 3.25. The van der Waals surface area contributed by atoms with Crippen molar-refractivity contribution in [2.75, 3.05) is 26.2 Å². The Morgan fingerprint density at radius 3 is 2.53 bits per heavy atom. The maximum atomic E-state index is 12.4. The number of aryl methyl sites for hydroxylation is 1.